The number of nitrogens with one attached hydrogen (secondary N) is 1. The second kappa shape index (κ2) is 11.9. The Hall–Kier alpha value is -0.720. The van der Waals surface area contributed by atoms with Crippen LogP contribution in [-0.4, -0.2) is 37.5 Å². The lowest BCUT2D eigenvalue weighted by molar-refractivity contribution is 0.456. The molecule has 0 unspecified atom stereocenters. The maximum Gasteiger partial charge on any atom is 0.193 e. The molecule has 1 N–H and O–H groups in total. The van der Waals surface area contributed by atoms with Gasteiger partial charge in [0.1, 0.15) is 5.76 Å². The summed E-state index contributed by atoms with van der Waals surface area (Å²) in [6.07, 6.45) is 5.00. The average Bonchev–Trinajstić information content (AvgIpc) is 2.92. The van der Waals surface area contributed by atoms with Crippen molar-refractivity contribution in [2.24, 2.45) is 10.9 Å². The fourth-order valence-electron chi connectivity index (χ4n) is 1.83. The molecule has 21 heavy (non-hydrogen) atoms. The number of nitrogens with zero attached hydrogens (tertiary/aromatic N) is 2. The van der Waals surface area contributed by atoms with Crippen molar-refractivity contribution in [3.63, 3.8) is 0 Å². The number of hydrogen-bond donors (Lipinski definition) is 1. The van der Waals surface area contributed by atoms with Crippen LogP contribution in [0, 0.1) is 5.92 Å². The minimum atomic E-state index is 0. The molecule has 0 bridgehead atoms. The topological polar surface area (TPSA) is 40.8 Å². The first kappa shape index (κ1) is 20.3. The minimum absolute atomic E-state index is 0. The van der Waals surface area contributed by atoms with E-state index in [2.05, 4.69) is 38.0 Å². The summed E-state index contributed by atoms with van der Waals surface area (Å²) < 4.78 is 5.35. The van der Waals surface area contributed by atoms with E-state index in [4.69, 9.17) is 9.41 Å². The van der Waals surface area contributed by atoms with Gasteiger partial charge < -0.3 is 14.6 Å². The van der Waals surface area contributed by atoms with E-state index in [9.17, 15) is 0 Å². The molecule has 0 radical (unpaired) electrons. The molecule has 1 aromatic heterocycles. The van der Waals surface area contributed by atoms with E-state index in [0.29, 0.717) is 5.92 Å². The van der Waals surface area contributed by atoms with Gasteiger partial charge >= 0.3 is 0 Å². The summed E-state index contributed by atoms with van der Waals surface area (Å²) in [5.41, 5.74) is 0. The van der Waals surface area contributed by atoms with E-state index in [1.165, 1.54) is 12.8 Å². The molecule has 0 saturated heterocycles. The van der Waals surface area contributed by atoms with Crippen LogP contribution in [0.2, 0.25) is 0 Å². The Labute approximate surface area is 146 Å². The number of aliphatic imine (C=N–C) groups is 1. The summed E-state index contributed by atoms with van der Waals surface area (Å²) in [6.45, 7) is 9.34. The minimum Gasteiger partial charge on any atom is -0.469 e. The van der Waals surface area contributed by atoms with Gasteiger partial charge in [-0.3, -0.25) is 4.99 Å². The van der Waals surface area contributed by atoms with Crippen molar-refractivity contribution in [2.45, 2.75) is 40.0 Å². The number of furan rings is 1. The Morgan fingerprint density at radius 2 is 2.19 bits per heavy atom. The highest BCUT2D eigenvalue weighted by atomic mass is 127. The predicted molar refractivity (Wildman–Crippen MR) is 101 cm³/mol. The van der Waals surface area contributed by atoms with Crippen LogP contribution in [0.3, 0.4) is 0 Å². The molecular formula is C16H30IN3O. The van der Waals surface area contributed by atoms with Crippen molar-refractivity contribution >= 4 is 29.9 Å². The van der Waals surface area contributed by atoms with Crippen LogP contribution in [0.1, 0.15) is 39.4 Å². The molecule has 1 aromatic rings. The standard InChI is InChI=1S/C16H29N3O.HI/c1-5-6-11-19(4)16(18-13-14(2)3)17-10-9-15-8-7-12-20-15;/h7-8,12,14H,5-6,9-11,13H2,1-4H3,(H,17,18);1H. The highest BCUT2D eigenvalue weighted by molar-refractivity contribution is 14.0. The third-order valence-corrected chi connectivity index (χ3v) is 3.05. The van der Waals surface area contributed by atoms with Gasteiger partial charge in [0, 0.05) is 33.1 Å². The summed E-state index contributed by atoms with van der Waals surface area (Å²) in [6, 6.07) is 3.93. The zero-order valence-corrected chi connectivity index (χ0v) is 16.1. The SMILES string of the molecule is CCCCN(C)C(=NCC(C)C)NCCc1ccco1.I. The molecule has 0 saturated carbocycles. The Morgan fingerprint density at radius 3 is 2.76 bits per heavy atom. The van der Waals surface area contributed by atoms with Crippen molar-refractivity contribution in [3.8, 4) is 0 Å². The van der Waals surface area contributed by atoms with Gasteiger partial charge in [0.2, 0.25) is 0 Å². The maximum absolute atomic E-state index is 5.35. The van der Waals surface area contributed by atoms with E-state index in [1.54, 1.807) is 6.26 Å². The zero-order chi connectivity index (χ0) is 14.8. The summed E-state index contributed by atoms with van der Waals surface area (Å²) in [7, 11) is 2.11. The molecule has 4 nitrogen and oxygen atoms in total. The molecule has 0 spiro atoms. The van der Waals surface area contributed by atoms with E-state index in [-0.39, 0.29) is 24.0 Å². The second-order valence-electron chi connectivity index (χ2n) is 5.59. The number of unbranched alkanes of at least 4 members (excludes halogenated alkanes) is 1. The molecule has 0 aliphatic heterocycles. The first-order valence-corrected chi connectivity index (χ1v) is 7.65. The predicted octanol–water partition coefficient (Wildman–Crippen LogP) is 3.77. The lowest BCUT2D eigenvalue weighted by Crippen LogP contribution is -2.40. The van der Waals surface area contributed by atoms with Gasteiger partial charge in [-0.15, -0.1) is 24.0 Å². The van der Waals surface area contributed by atoms with Crippen molar-refractivity contribution < 1.29 is 4.42 Å². The summed E-state index contributed by atoms with van der Waals surface area (Å²) in [5.74, 6) is 2.59. The third kappa shape index (κ3) is 9.01. The van der Waals surface area contributed by atoms with Gasteiger partial charge in [0.05, 0.1) is 6.26 Å². The van der Waals surface area contributed by atoms with E-state index >= 15 is 0 Å². The molecule has 0 fully saturated rings. The number of rotatable bonds is 8. The lowest BCUT2D eigenvalue weighted by atomic mass is 10.2. The van der Waals surface area contributed by atoms with Crippen LogP contribution >= 0.6 is 24.0 Å². The molecule has 0 aliphatic carbocycles. The Kier molecular flexibility index (Phi) is 11.5. The van der Waals surface area contributed by atoms with Crippen LogP contribution in [0.25, 0.3) is 0 Å². The number of guanidine groups is 1. The van der Waals surface area contributed by atoms with Crippen molar-refractivity contribution in [1.29, 1.82) is 0 Å². The third-order valence-electron chi connectivity index (χ3n) is 3.05. The molecule has 0 atom stereocenters. The highest BCUT2D eigenvalue weighted by Crippen LogP contribution is 2.01. The Bertz CT molecular complexity index is 377. The van der Waals surface area contributed by atoms with Crippen molar-refractivity contribution in [3.05, 3.63) is 24.2 Å². The van der Waals surface area contributed by atoms with Crippen LogP contribution < -0.4 is 5.32 Å². The van der Waals surface area contributed by atoms with Crippen LogP contribution in [-0.2, 0) is 6.42 Å². The van der Waals surface area contributed by atoms with Crippen LogP contribution in [0.15, 0.2) is 27.8 Å². The first-order chi connectivity index (χ1) is 9.63. The molecule has 5 heteroatoms. The Morgan fingerprint density at radius 1 is 1.43 bits per heavy atom. The molecule has 1 heterocycles. The van der Waals surface area contributed by atoms with Gasteiger partial charge in [0.15, 0.2) is 5.96 Å². The number of hydrogen-bond acceptors (Lipinski definition) is 2. The van der Waals surface area contributed by atoms with Gasteiger partial charge in [-0.25, -0.2) is 0 Å². The smallest absolute Gasteiger partial charge is 0.193 e. The number of halogens is 1. The lowest BCUT2D eigenvalue weighted by Gasteiger charge is -2.22. The van der Waals surface area contributed by atoms with Crippen molar-refractivity contribution in [2.75, 3.05) is 26.7 Å². The highest BCUT2D eigenvalue weighted by Gasteiger charge is 2.06. The maximum atomic E-state index is 5.35. The summed E-state index contributed by atoms with van der Waals surface area (Å²) >= 11 is 0. The molecular weight excluding hydrogens is 377 g/mol. The summed E-state index contributed by atoms with van der Waals surface area (Å²) in [5, 5.41) is 3.44. The molecule has 1 rings (SSSR count). The summed E-state index contributed by atoms with van der Waals surface area (Å²) in [4.78, 5) is 6.91. The molecule has 0 aliphatic rings. The normalized spacial score (nSPS) is 11.4. The fourth-order valence-corrected chi connectivity index (χ4v) is 1.83. The average molecular weight is 407 g/mol. The van der Waals surface area contributed by atoms with Gasteiger partial charge in [0.25, 0.3) is 0 Å². The van der Waals surface area contributed by atoms with E-state index < -0.39 is 0 Å². The van der Waals surface area contributed by atoms with E-state index in [1.807, 2.05) is 12.1 Å². The van der Waals surface area contributed by atoms with Crippen molar-refractivity contribution in [1.82, 2.24) is 10.2 Å². The molecule has 0 amide bonds. The molecule has 0 aromatic carbocycles. The van der Waals surface area contributed by atoms with Gasteiger partial charge in [-0.05, 0) is 24.5 Å². The molecule has 122 valence electrons. The zero-order valence-electron chi connectivity index (χ0n) is 13.8. The van der Waals surface area contributed by atoms with Crippen LogP contribution in [0.4, 0.5) is 0 Å². The van der Waals surface area contributed by atoms with Gasteiger partial charge in [-0.2, -0.15) is 0 Å². The monoisotopic (exact) mass is 407 g/mol. The second-order valence-corrected chi connectivity index (χ2v) is 5.59. The van der Waals surface area contributed by atoms with Crippen LogP contribution in [0.5, 0.6) is 0 Å². The Balaban J connectivity index is 0.00000400. The van der Waals surface area contributed by atoms with Gasteiger partial charge in [-0.1, -0.05) is 27.2 Å². The van der Waals surface area contributed by atoms with E-state index in [0.717, 1.165) is 37.8 Å². The largest absolute Gasteiger partial charge is 0.469 e. The fraction of sp³-hybridized carbons (Fsp3) is 0.688. The quantitative estimate of drug-likeness (QED) is 0.405. The first-order valence-electron chi connectivity index (χ1n) is 7.65.